The molecular formula is C4H7O3Zn-. The molecule has 0 fully saturated rings. The first-order valence-corrected chi connectivity index (χ1v) is 1.11. The zero-order chi connectivity index (χ0) is 4.28. The minimum Gasteiger partial charge on any atom is -0.870 e. The maximum atomic E-state index is 9.14. The van der Waals surface area contributed by atoms with Gasteiger partial charge in [-0.25, -0.2) is 0 Å². The Labute approximate surface area is 61.5 Å². The van der Waals surface area contributed by atoms with Crippen LogP contribution in [0, 0.1) is 7.43 Å². The summed E-state index contributed by atoms with van der Waals surface area (Å²) < 4.78 is 0. The number of hydrogen-bond acceptors (Lipinski definition) is 3. The van der Waals surface area contributed by atoms with Gasteiger partial charge in [-0.1, -0.05) is 6.58 Å². The predicted molar refractivity (Wildman–Crippen MR) is 23.6 cm³/mol. The van der Waals surface area contributed by atoms with Crippen LogP contribution in [0.3, 0.4) is 0 Å². The average Bonchev–Trinajstić information content (AvgIpc) is 1.38. The largest absolute Gasteiger partial charge is 2.00 e. The number of hydrogen-bond donors (Lipinski definition) is 0. The molecule has 0 saturated heterocycles. The van der Waals surface area contributed by atoms with Crippen molar-refractivity contribution in [3.05, 3.63) is 20.1 Å². The fraction of sp³-hybridized carbons (Fsp3) is 0. The van der Waals surface area contributed by atoms with Crippen molar-refractivity contribution in [2.24, 2.45) is 0 Å². The summed E-state index contributed by atoms with van der Waals surface area (Å²) in [5.74, 6) is -1.23. The summed E-state index contributed by atoms with van der Waals surface area (Å²) in [6.45, 7) is 2.90. The van der Waals surface area contributed by atoms with E-state index in [0.717, 1.165) is 6.08 Å². The van der Waals surface area contributed by atoms with E-state index in [-0.39, 0.29) is 32.4 Å². The van der Waals surface area contributed by atoms with Gasteiger partial charge in [0.05, 0.1) is 5.97 Å². The fourth-order valence-electron chi connectivity index (χ4n) is 0. The molecule has 0 heterocycles. The predicted octanol–water partition coefficient (Wildman–Crippen LogP) is -0.807. The van der Waals surface area contributed by atoms with Crippen LogP contribution in [0.5, 0.6) is 0 Å². The molecule has 0 radical (unpaired) electrons. The second-order valence-corrected chi connectivity index (χ2v) is 0.523. The molecule has 8 heavy (non-hydrogen) atoms. The van der Waals surface area contributed by atoms with Crippen LogP contribution in [0.4, 0.5) is 0 Å². The van der Waals surface area contributed by atoms with Crippen LogP contribution in [-0.4, -0.2) is 11.4 Å². The maximum Gasteiger partial charge on any atom is 2.00 e. The van der Waals surface area contributed by atoms with E-state index in [1.165, 1.54) is 0 Å². The monoisotopic (exact) mass is 167 g/mol. The molecule has 0 unspecified atom stereocenters. The first-order valence-electron chi connectivity index (χ1n) is 1.11. The maximum absolute atomic E-state index is 9.14. The van der Waals surface area contributed by atoms with Crippen LogP contribution < -0.4 is 5.11 Å². The van der Waals surface area contributed by atoms with Crippen molar-refractivity contribution in [3.8, 4) is 0 Å². The molecule has 0 aromatic carbocycles. The Morgan fingerprint density at radius 3 is 1.75 bits per heavy atom. The standard InChI is InChI=1S/C3H4O2.CH3.H2O.Zn/c1-2-3(4)5;;;/h2H,1H2,(H,4,5);1H3;1H2;/q;-1;;+2/p-2. The number of carbonyl (C=O) groups excluding carboxylic acids is 1. The number of aliphatic carboxylic acids is 1. The van der Waals surface area contributed by atoms with Crippen LogP contribution in [0.2, 0.25) is 0 Å². The van der Waals surface area contributed by atoms with Crippen molar-refractivity contribution >= 4 is 5.97 Å². The molecule has 0 aliphatic rings. The summed E-state index contributed by atoms with van der Waals surface area (Å²) in [7, 11) is 0. The Hall–Kier alpha value is -0.207. The average molecular weight is 168 g/mol. The van der Waals surface area contributed by atoms with E-state index in [9.17, 15) is 0 Å². The van der Waals surface area contributed by atoms with Crippen molar-refractivity contribution in [3.63, 3.8) is 0 Å². The minimum absolute atomic E-state index is 0. The van der Waals surface area contributed by atoms with E-state index >= 15 is 0 Å². The number of carbonyl (C=O) groups is 1. The Morgan fingerprint density at radius 1 is 1.62 bits per heavy atom. The smallest absolute Gasteiger partial charge is 0.870 e. The zero-order valence-electron chi connectivity index (χ0n) is 4.76. The van der Waals surface area contributed by atoms with Gasteiger partial charge in [-0.05, 0) is 6.08 Å². The molecule has 3 nitrogen and oxygen atoms in total. The Morgan fingerprint density at radius 2 is 1.75 bits per heavy atom. The Balaban J connectivity index is -0.0000000267. The molecule has 0 amide bonds. The van der Waals surface area contributed by atoms with Crippen molar-refractivity contribution in [2.45, 2.75) is 0 Å². The van der Waals surface area contributed by atoms with Gasteiger partial charge in [0.25, 0.3) is 0 Å². The molecule has 0 aromatic rings. The topological polar surface area (TPSA) is 70.1 Å². The van der Waals surface area contributed by atoms with Gasteiger partial charge in [0.2, 0.25) is 0 Å². The Bertz CT molecular complexity index is 62.3. The van der Waals surface area contributed by atoms with Gasteiger partial charge in [-0.15, -0.1) is 0 Å². The van der Waals surface area contributed by atoms with Gasteiger partial charge >= 0.3 is 19.5 Å². The number of rotatable bonds is 1. The van der Waals surface area contributed by atoms with Crippen LogP contribution in [-0.2, 0) is 24.3 Å². The van der Waals surface area contributed by atoms with Crippen LogP contribution in [0.25, 0.3) is 0 Å². The van der Waals surface area contributed by atoms with Gasteiger partial charge in [0.1, 0.15) is 0 Å². The molecule has 1 N–H and O–H groups in total. The molecule has 0 rings (SSSR count). The van der Waals surface area contributed by atoms with E-state index in [1.54, 1.807) is 0 Å². The van der Waals surface area contributed by atoms with E-state index in [2.05, 4.69) is 6.58 Å². The van der Waals surface area contributed by atoms with Gasteiger partial charge in [0.15, 0.2) is 0 Å². The normalized spacial score (nSPS) is 4.00. The molecule has 4 heteroatoms. The molecule has 0 saturated carbocycles. The first-order chi connectivity index (χ1) is 2.27. The molecular weight excluding hydrogens is 161 g/mol. The molecule has 0 aliphatic heterocycles. The Kier molecular flexibility index (Phi) is 49.5. The molecule has 44 valence electrons. The second-order valence-electron chi connectivity index (χ2n) is 0.523. The van der Waals surface area contributed by atoms with Crippen LogP contribution in [0.1, 0.15) is 0 Å². The first kappa shape index (κ1) is 25.0. The van der Waals surface area contributed by atoms with Gasteiger partial charge in [-0.2, -0.15) is 0 Å². The van der Waals surface area contributed by atoms with E-state index in [0.29, 0.717) is 0 Å². The van der Waals surface area contributed by atoms with Crippen molar-refractivity contribution in [1.82, 2.24) is 0 Å². The summed E-state index contributed by atoms with van der Waals surface area (Å²) in [4.78, 5) is 9.14. The fourth-order valence-corrected chi connectivity index (χ4v) is 0. The molecule has 0 bridgehead atoms. The molecule has 0 spiro atoms. The summed E-state index contributed by atoms with van der Waals surface area (Å²) in [5.41, 5.74) is 0. The van der Waals surface area contributed by atoms with E-state index in [1.807, 2.05) is 0 Å². The molecule has 0 aromatic heterocycles. The zero-order valence-corrected chi connectivity index (χ0v) is 7.72. The summed E-state index contributed by atoms with van der Waals surface area (Å²) in [6.07, 6.45) is 0.722. The van der Waals surface area contributed by atoms with Crippen molar-refractivity contribution < 1.29 is 34.9 Å². The van der Waals surface area contributed by atoms with E-state index in [4.69, 9.17) is 9.90 Å². The van der Waals surface area contributed by atoms with E-state index < -0.39 is 5.97 Å². The molecule has 0 atom stereocenters. The van der Waals surface area contributed by atoms with Crippen LogP contribution in [0.15, 0.2) is 12.7 Å². The van der Waals surface area contributed by atoms with Gasteiger partial charge in [0, 0.05) is 0 Å². The SMILES string of the molecule is C=CC(=O)[O-].[CH3-].[OH-].[Zn+2]. The summed E-state index contributed by atoms with van der Waals surface area (Å²) in [5, 5.41) is 9.14. The number of carboxylic acids is 1. The van der Waals surface area contributed by atoms with Crippen molar-refractivity contribution in [2.75, 3.05) is 0 Å². The third-order valence-corrected chi connectivity index (χ3v) is 0.167. The summed E-state index contributed by atoms with van der Waals surface area (Å²) >= 11 is 0. The summed E-state index contributed by atoms with van der Waals surface area (Å²) in [6, 6.07) is 0. The third kappa shape index (κ3) is 41.4. The molecule has 0 aliphatic carbocycles. The van der Waals surface area contributed by atoms with Crippen LogP contribution >= 0.6 is 0 Å². The van der Waals surface area contributed by atoms with Gasteiger partial charge < -0.3 is 22.8 Å². The third-order valence-electron chi connectivity index (χ3n) is 0.167. The van der Waals surface area contributed by atoms with Gasteiger partial charge in [-0.3, -0.25) is 0 Å². The van der Waals surface area contributed by atoms with Crippen molar-refractivity contribution in [1.29, 1.82) is 0 Å². The second kappa shape index (κ2) is 15.8. The minimum atomic E-state index is -1.23. The quantitative estimate of drug-likeness (QED) is 0.292. The number of carboxylic acid groups (broad SMARTS) is 1.